The minimum atomic E-state index is -0.0996. The summed E-state index contributed by atoms with van der Waals surface area (Å²) in [7, 11) is 0. The zero-order valence-electron chi connectivity index (χ0n) is 11.2. The van der Waals surface area contributed by atoms with Crippen LogP contribution in [0.3, 0.4) is 0 Å². The molecule has 0 radical (unpaired) electrons. The molecule has 2 rings (SSSR count). The normalized spacial score (nSPS) is 24.6. The van der Waals surface area contributed by atoms with E-state index in [0.29, 0.717) is 5.92 Å². The van der Waals surface area contributed by atoms with Gasteiger partial charge in [0.15, 0.2) is 0 Å². The van der Waals surface area contributed by atoms with Crippen LogP contribution in [0, 0.1) is 11.7 Å². The molecular weight excluding hydrogens is 223 g/mol. The number of hydrogen-bond acceptors (Lipinski definition) is 0. The molecule has 0 N–H and O–H groups in total. The lowest BCUT2D eigenvalue weighted by molar-refractivity contribution is 0.374. The largest absolute Gasteiger partial charge is 0.207 e. The summed E-state index contributed by atoms with van der Waals surface area (Å²) in [6.07, 6.45) is 12.1. The van der Waals surface area contributed by atoms with Gasteiger partial charge in [0.05, 0.1) is 0 Å². The van der Waals surface area contributed by atoms with Crippen molar-refractivity contribution in [1.29, 1.82) is 0 Å². The third-order valence-electron chi connectivity index (χ3n) is 3.96. The molecule has 0 atom stereocenters. The predicted molar refractivity (Wildman–Crippen MR) is 75.1 cm³/mol. The third kappa shape index (κ3) is 3.69. The Labute approximate surface area is 110 Å². The Balaban J connectivity index is 1.86. The number of benzene rings is 1. The van der Waals surface area contributed by atoms with Gasteiger partial charge in [-0.1, -0.05) is 37.6 Å². The summed E-state index contributed by atoms with van der Waals surface area (Å²) in [5, 5.41) is 0. The molecule has 1 aromatic rings. The van der Waals surface area contributed by atoms with Crippen molar-refractivity contribution in [2.45, 2.75) is 51.4 Å². The second-order valence-corrected chi connectivity index (χ2v) is 5.38. The van der Waals surface area contributed by atoms with Crippen molar-refractivity contribution in [3.8, 4) is 0 Å². The highest BCUT2D eigenvalue weighted by molar-refractivity contribution is 5.21. The van der Waals surface area contributed by atoms with Crippen molar-refractivity contribution < 1.29 is 4.39 Å². The van der Waals surface area contributed by atoms with Gasteiger partial charge in [-0.25, -0.2) is 4.39 Å². The Kier molecular flexibility index (Phi) is 4.98. The maximum atomic E-state index is 13.2. The first-order valence-corrected chi connectivity index (χ1v) is 7.21. The summed E-state index contributed by atoms with van der Waals surface area (Å²) in [4.78, 5) is 0. The average Bonchev–Trinajstić information content (AvgIpc) is 2.40. The fraction of sp³-hybridized carbons (Fsp3) is 0.529. The Morgan fingerprint density at radius 3 is 2.67 bits per heavy atom. The summed E-state index contributed by atoms with van der Waals surface area (Å²) in [6.45, 7) is 2.21. The Bertz CT molecular complexity index is 386. The van der Waals surface area contributed by atoms with E-state index in [1.54, 1.807) is 6.07 Å². The van der Waals surface area contributed by atoms with Crippen molar-refractivity contribution in [2.75, 3.05) is 0 Å². The summed E-state index contributed by atoms with van der Waals surface area (Å²) >= 11 is 0. The van der Waals surface area contributed by atoms with Crippen molar-refractivity contribution in [1.82, 2.24) is 0 Å². The molecule has 0 saturated heterocycles. The van der Waals surface area contributed by atoms with E-state index in [9.17, 15) is 4.39 Å². The predicted octanol–water partition coefficient (Wildman–Crippen LogP) is 5.46. The Morgan fingerprint density at radius 1 is 1.22 bits per heavy atom. The maximum absolute atomic E-state index is 13.2. The van der Waals surface area contributed by atoms with Gasteiger partial charge in [0.25, 0.3) is 0 Å². The van der Waals surface area contributed by atoms with Crippen molar-refractivity contribution in [3.63, 3.8) is 0 Å². The first-order valence-electron chi connectivity index (χ1n) is 7.21. The summed E-state index contributed by atoms with van der Waals surface area (Å²) in [5.74, 6) is 1.22. The number of hydrogen-bond donors (Lipinski definition) is 0. The van der Waals surface area contributed by atoms with Crippen molar-refractivity contribution in [2.24, 2.45) is 5.92 Å². The van der Waals surface area contributed by atoms with Crippen LogP contribution < -0.4 is 0 Å². The first-order chi connectivity index (χ1) is 8.79. The molecule has 18 heavy (non-hydrogen) atoms. The van der Waals surface area contributed by atoms with E-state index >= 15 is 0 Å². The molecule has 1 fully saturated rings. The fourth-order valence-corrected chi connectivity index (χ4v) is 2.86. The van der Waals surface area contributed by atoms with Gasteiger partial charge in [-0.05, 0) is 61.6 Å². The Morgan fingerprint density at radius 2 is 2.00 bits per heavy atom. The number of halogens is 1. The second-order valence-electron chi connectivity index (χ2n) is 5.38. The van der Waals surface area contributed by atoms with Crippen LogP contribution in [0.1, 0.15) is 56.9 Å². The van der Waals surface area contributed by atoms with E-state index in [1.165, 1.54) is 50.2 Å². The lowest BCUT2D eigenvalue weighted by Gasteiger charge is -2.27. The van der Waals surface area contributed by atoms with Gasteiger partial charge in [-0.15, -0.1) is 0 Å². The third-order valence-corrected chi connectivity index (χ3v) is 3.96. The number of allylic oxidation sites excluding steroid dienone is 2. The van der Waals surface area contributed by atoms with E-state index in [2.05, 4.69) is 25.1 Å². The first kappa shape index (κ1) is 13.3. The summed E-state index contributed by atoms with van der Waals surface area (Å²) in [5.41, 5.74) is 1.19. The van der Waals surface area contributed by atoms with Crippen molar-refractivity contribution >= 4 is 0 Å². The molecule has 1 aliphatic carbocycles. The van der Waals surface area contributed by atoms with E-state index in [1.807, 2.05) is 6.07 Å². The van der Waals surface area contributed by atoms with Crippen LogP contribution in [0.4, 0.5) is 4.39 Å². The molecule has 0 amide bonds. The van der Waals surface area contributed by atoms with Gasteiger partial charge < -0.3 is 0 Å². The van der Waals surface area contributed by atoms with Crippen LogP contribution in [-0.4, -0.2) is 0 Å². The molecule has 0 nitrogen and oxygen atoms in total. The zero-order valence-corrected chi connectivity index (χ0v) is 11.2. The number of unbranched alkanes of at least 4 members (excludes halogenated alkanes) is 1. The quantitative estimate of drug-likeness (QED) is 0.619. The van der Waals surface area contributed by atoms with Crippen LogP contribution in [0.2, 0.25) is 0 Å². The van der Waals surface area contributed by atoms with Gasteiger partial charge in [-0.2, -0.15) is 0 Å². The van der Waals surface area contributed by atoms with Crippen LogP contribution in [0.25, 0.3) is 0 Å². The molecular formula is C17H23F. The highest BCUT2D eigenvalue weighted by atomic mass is 19.1. The van der Waals surface area contributed by atoms with Gasteiger partial charge in [0.1, 0.15) is 5.82 Å². The summed E-state index contributed by atoms with van der Waals surface area (Å²) < 4.78 is 13.2. The highest BCUT2D eigenvalue weighted by Gasteiger charge is 2.20. The summed E-state index contributed by atoms with van der Waals surface area (Å²) in [6, 6.07) is 7.14. The van der Waals surface area contributed by atoms with E-state index in [-0.39, 0.29) is 5.82 Å². The standard InChI is InChI=1S/C17H23F/c1-2-3-4-6-14-9-11-15(12-10-14)16-7-5-8-17(18)13-16/h4-8,13-15H,2-3,9-12H2,1H3/b6-4+. The topological polar surface area (TPSA) is 0 Å². The molecule has 0 unspecified atom stereocenters. The molecule has 98 valence electrons. The van der Waals surface area contributed by atoms with E-state index in [0.717, 1.165) is 5.92 Å². The maximum Gasteiger partial charge on any atom is 0.123 e. The van der Waals surface area contributed by atoms with Gasteiger partial charge >= 0.3 is 0 Å². The van der Waals surface area contributed by atoms with Crippen LogP contribution >= 0.6 is 0 Å². The monoisotopic (exact) mass is 246 g/mol. The van der Waals surface area contributed by atoms with Gasteiger partial charge in [0.2, 0.25) is 0 Å². The average molecular weight is 246 g/mol. The van der Waals surface area contributed by atoms with Crippen LogP contribution in [0.15, 0.2) is 36.4 Å². The molecule has 0 heterocycles. The second kappa shape index (κ2) is 6.72. The Hall–Kier alpha value is -1.11. The molecule has 1 aliphatic rings. The molecule has 0 aromatic heterocycles. The smallest absolute Gasteiger partial charge is 0.123 e. The minimum Gasteiger partial charge on any atom is -0.207 e. The molecule has 1 saturated carbocycles. The van der Waals surface area contributed by atoms with E-state index in [4.69, 9.17) is 0 Å². The lowest BCUT2D eigenvalue weighted by Crippen LogP contribution is -2.11. The van der Waals surface area contributed by atoms with E-state index < -0.39 is 0 Å². The van der Waals surface area contributed by atoms with Crippen molar-refractivity contribution in [3.05, 3.63) is 47.8 Å². The fourth-order valence-electron chi connectivity index (χ4n) is 2.86. The SMILES string of the molecule is CCC/C=C/C1CCC(c2cccc(F)c2)CC1. The van der Waals surface area contributed by atoms with Crippen LogP contribution in [0.5, 0.6) is 0 Å². The number of rotatable bonds is 4. The molecule has 0 aliphatic heterocycles. The van der Waals surface area contributed by atoms with Gasteiger partial charge in [-0.3, -0.25) is 0 Å². The minimum absolute atomic E-state index is 0.0996. The molecule has 0 spiro atoms. The van der Waals surface area contributed by atoms with Gasteiger partial charge in [0, 0.05) is 0 Å². The molecule has 1 heteroatoms. The lowest BCUT2D eigenvalue weighted by atomic mass is 9.78. The zero-order chi connectivity index (χ0) is 12.8. The molecule has 0 bridgehead atoms. The van der Waals surface area contributed by atoms with Crippen LogP contribution in [-0.2, 0) is 0 Å². The molecule has 1 aromatic carbocycles. The highest BCUT2D eigenvalue weighted by Crippen LogP contribution is 2.36.